The van der Waals surface area contributed by atoms with E-state index in [9.17, 15) is 12.8 Å². The van der Waals surface area contributed by atoms with Gasteiger partial charge in [-0.05, 0) is 71.5 Å². The first-order chi connectivity index (χ1) is 9.29. The fraction of sp³-hybridized carbons (Fsp3) is 0.0769. The normalized spacial score (nSPS) is 11.3. The van der Waals surface area contributed by atoms with Crippen molar-refractivity contribution in [2.75, 3.05) is 10.5 Å². The molecule has 0 aromatic heterocycles. The minimum atomic E-state index is -3.73. The topological polar surface area (TPSA) is 72.2 Å². The fourth-order valence-electron chi connectivity index (χ4n) is 1.75. The van der Waals surface area contributed by atoms with E-state index in [2.05, 4.69) is 4.72 Å². The minimum Gasteiger partial charge on any atom is -0.399 e. The Bertz CT molecular complexity index is 763. The molecule has 2 aromatic carbocycles. The van der Waals surface area contributed by atoms with Gasteiger partial charge in [0.15, 0.2) is 0 Å². The summed E-state index contributed by atoms with van der Waals surface area (Å²) >= 11 is 1.87. The summed E-state index contributed by atoms with van der Waals surface area (Å²) in [4.78, 5) is 0.145. The lowest BCUT2D eigenvalue weighted by molar-refractivity contribution is 0.600. The Hall–Kier alpha value is -1.35. The molecule has 7 heteroatoms. The molecule has 106 valence electrons. The molecule has 0 fully saturated rings. The van der Waals surface area contributed by atoms with E-state index in [1.54, 1.807) is 13.0 Å². The van der Waals surface area contributed by atoms with Crippen molar-refractivity contribution in [3.05, 3.63) is 51.3 Å². The second-order valence-corrected chi connectivity index (χ2v) is 7.07. The smallest absolute Gasteiger partial charge is 0.262 e. The molecule has 3 N–H and O–H groups in total. The summed E-state index contributed by atoms with van der Waals surface area (Å²) in [5.74, 6) is -0.416. The van der Waals surface area contributed by atoms with Crippen LogP contribution < -0.4 is 10.5 Å². The summed E-state index contributed by atoms with van der Waals surface area (Å²) in [5, 5.41) is 0. The Morgan fingerprint density at radius 2 is 1.90 bits per heavy atom. The average Bonchev–Trinajstić information content (AvgIpc) is 2.32. The van der Waals surface area contributed by atoms with Gasteiger partial charge in [0.1, 0.15) is 5.82 Å². The minimum absolute atomic E-state index is 0.145. The van der Waals surface area contributed by atoms with Crippen LogP contribution in [-0.4, -0.2) is 8.42 Å². The summed E-state index contributed by atoms with van der Waals surface area (Å²) < 4.78 is 40.6. The molecule has 0 amide bonds. The Balaban J connectivity index is 2.41. The molecular weight excluding hydrogens is 394 g/mol. The molecule has 0 aliphatic carbocycles. The molecule has 0 radical (unpaired) electrons. The van der Waals surface area contributed by atoms with Gasteiger partial charge in [-0.25, -0.2) is 12.8 Å². The van der Waals surface area contributed by atoms with Crippen molar-refractivity contribution in [1.82, 2.24) is 0 Å². The van der Waals surface area contributed by atoms with Gasteiger partial charge in [0.05, 0.1) is 10.6 Å². The number of nitrogens with one attached hydrogen (secondary N) is 1. The molecule has 0 aliphatic heterocycles. The van der Waals surface area contributed by atoms with Crippen LogP contribution in [-0.2, 0) is 10.0 Å². The summed E-state index contributed by atoms with van der Waals surface area (Å²) in [6, 6.07) is 8.41. The molecule has 4 nitrogen and oxygen atoms in total. The SMILES string of the molecule is Cc1cc(N)ccc1S(=O)(=O)Nc1ccc(F)cc1I. The average molecular weight is 406 g/mol. The molecule has 0 unspecified atom stereocenters. The van der Waals surface area contributed by atoms with Gasteiger partial charge in [0.2, 0.25) is 0 Å². The van der Waals surface area contributed by atoms with Crippen molar-refractivity contribution in [3.8, 4) is 0 Å². The third kappa shape index (κ3) is 3.21. The quantitative estimate of drug-likeness (QED) is 0.608. The summed E-state index contributed by atoms with van der Waals surface area (Å²) in [7, 11) is -3.73. The van der Waals surface area contributed by atoms with Gasteiger partial charge in [-0.15, -0.1) is 0 Å². The second-order valence-electron chi connectivity index (χ2n) is 4.25. The van der Waals surface area contributed by atoms with E-state index >= 15 is 0 Å². The van der Waals surface area contributed by atoms with Gasteiger partial charge in [-0.2, -0.15) is 0 Å². The highest BCUT2D eigenvalue weighted by molar-refractivity contribution is 14.1. The van der Waals surface area contributed by atoms with E-state index in [0.29, 0.717) is 20.5 Å². The first kappa shape index (κ1) is 15.0. The monoisotopic (exact) mass is 406 g/mol. The molecule has 0 bridgehead atoms. The molecule has 0 saturated carbocycles. The fourth-order valence-corrected chi connectivity index (χ4v) is 3.85. The van der Waals surface area contributed by atoms with Crippen LogP contribution >= 0.6 is 22.6 Å². The lowest BCUT2D eigenvalue weighted by Crippen LogP contribution is -2.15. The van der Waals surface area contributed by atoms with Gasteiger partial charge in [0.25, 0.3) is 10.0 Å². The number of rotatable bonds is 3. The Kier molecular flexibility index (Phi) is 4.19. The molecule has 0 heterocycles. The molecular formula is C13H12FIN2O2S. The zero-order valence-electron chi connectivity index (χ0n) is 10.5. The highest BCUT2D eigenvalue weighted by Gasteiger charge is 2.18. The third-order valence-electron chi connectivity index (χ3n) is 2.66. The zero-order valence-corrected chi connectivity index (χ0v) is 13.5. The van der Waals surface area contributed by atoms with Gasteiger partial charge in [0, 0.05) is 9.26 Å². The van der Waals surface area contributed by atoms with Crippen molar-refractivity contribution in [1.29, 1.82) is 0 Å². The molecule has 20 heavy (non-hydrogen) atoms. The largest absolute Gasteiger partial charge is 0.399 e. The van der Waals surface area contributed by atoms with Gasteiger partial charge in [-0.3, -0.25) is 4.72 Å². The number of aryl methyl sites for hydroxylation is 1. The Labute approximate surface area is 130 Å². The highest BCUT2D eigenvalue weighted by atomic mass is 127. The van der Waals surface area contributed by atoms with Crippen LogP contribution in [0.5, 0.6) is 0 Å². The number of nitrogens with two attached hydrogens (primary N) is 1. The number of benzene rings is 2. The molecule has 2 aromatic rings. The second kappa shape index (κ2) is 5.57. The molecule has 2 rings (SSSR count). The molecule has 0 saturated heterocycles. The number of anilines is 2. The summed E-state index contributed by atoms with van der Waals surface area (Å²) in [6.45, 7) is 1.67. The van der Waals surface area contributed by atoms with Gasteiger partial charge >= 0.3 is 0 Å². The summed E-state index contributed by atoms with van der Waals surface area (Å²) in [5.41, 5.74) is 6.99. The van der Waals surface area contributed by atoms with Crippen molar-refractivity contribution >= 4 is 44.0 Å². The van der Waals surface area contributed by atoms with Crippen LogP contribution in [0.2, 0.25) is 0 Å². The molecule has 0 atom stereocenters. The van der Waals surface area contributed by atoms with E-state index in [1.807, 2.05) is 22.6 Å². The number of hydrogen-bond acceptors (Lipinski definition) is 3. The Morgan fingerprint density at radius 3 is 2.50 bits per heavy atom. The number of nitrogen functional groups attached to an aromatic ring is 1. The highest BCUT2D eigenvalue weighted by Crippen LogP contribution is 2.24. The van der Waals surface area contributed by atoms with Crippen LogP contribution in [0.1, 0.15) is 5.56 Å². The number of sulfonamides is 1. The number of hydrogen-bond donors (Lipinski definition) is 2. The molecule has 0 spiro atoms. The molecule has 0 aliphatic rings. The van der Waals surface area contributed by atoms with Crippen molar-refractivity contribution in [3.63, 3.8) is 0 Å². The van der Waals surface area contributed by atoms with Gasteiger partial charge < -0.3 is 5.73 Å². The standard InChI is InChI=1S/C13H12FIN2O2S/c1-8-6-10(16)3-5-13(8)20(18,19)17-12-4-2-9(14)7-11(12)15/h2-7,17H,16H2,1H3. The zero-order chi connectivity index (χ0) is 14.9. The Morgan fingerprint density at radius 1 is 1.20 bits per heavy atom. The van der Waals surface area contributed by atoms with E-state index in [-0.39, 0.29) is 4.90 Å². The van der Waals surface area contributed by atoms with E-state index in [0.717, 1.165) is 0 Å². The van der Waals surface area contributed by atoms with Crippen molar-refractivity contribution in [2.45, 2.75) is 11.8 Å². The van der Waals surface area contributed by atoms with Gasteiger partial charge in [-0.1, -0.05) is 0 Å². The predicted octanol–water partition coefficient (Wildman–Crippen LogP) is 3.12. The maximum absolute atomic E-state index is 13.0. The van der Waals surface area contributed by atoms with E-state index in [1.165, 1.54) is 30.3 Å². The maximum Gasteiger partial charge on any atom is 0.262 e. The third-order valence-corrected chi connectivity index (χ3v) is 5.08. The van der Waals surface area contributed by atoms with E-state index < -0.39 is 15.8 Å². The lowest BCUT2D eigenvalue weighted by Gasteiger charge is -2.12. The van der Waals surface area contributed by atoms with Crippen LogP contribution in [0.3, 0.4) is 0 Å². The first-order valence-corrected chi connectivity index (χ1v) is 8.20. The summed E-state index contributed by atoms with van der Waals surface area (Å²) in [6.07, 6.45) is 0. The van der Waals surface area contributed by atoms with Crippen LogP contribution in [0.25, 0.3) is 0 Å². The predicted molar refractivity (Wildman–Crippen MR) is 85.5 cm³/mol. The number of halogens is 2. The van der Waals surface area contributed by atoms with Crippen LogP contribution in [0, 0.1) is 16.3 Å². The maximum atomic E-state index is 13.0. The van der Waals surface area contributed by atoms with Crippen LogP contribution in [0.15, 0.2) is 41.3 Å². The first-order valence-electron chi connectivity index (χ1n) is 5.63. The van der Waals surface area contributed by atoms with E-state index in [4.69, 9.17) is 5.73 Å². The van der Waals surface area contributed by atoms with Crippen LogP contribution in [0.4, 0.5) is 15.8 Å². The van der Waals surface area contributed by atoms with Crippen molar-refractivity contribution < 1.29 is 12.8 Å². The lowest BCUT2D eigenvalue weighted by atomic mass is 10.2. The van der Waals surface area contributed by atoms with Crippen molar-refractivity contribution in [2.24, 2.45) is 0 Å².